The fraction of sp³-hybridized carbons (Fsp3) is 0.0833. The minimum absolute atomic E-state index is 0.0418. The maximum Gasteiger partial charge on any atom is 0.265 e. The highest BCUT2D eigenvalue weighted by Gasteiger charge is 2.20. The number of aromatic nitrogens is 1. The van der Waals surface area contributed by atoms with Gasteiger partial charge in [-0.2, -0.15) is 0 Å². The molecule has 0 atom stereocenters. The Kier molecular flexibility index (Phi) is 4.70. The smallest absolute Gasteiger partial charge is 0.265 e. The van der Waals surface area contributed by atoms with Crippen LogP contribution in [-0.2, 0) is 10.0 Å². The molecule has 0 spiro atoms. The van der Waals surface area contributed by atoms with Crippen molar-refractivity contribution in [1.29, 1.82) is 0 Å². The quantitative estimate of drug-likeness (QED) is 0.833. The van der Waals surface area contributed by atoms with Crippen molar-refractivity contribution in [1.82, 2.24) is 4.98 Å². The molecule has 1 heterocycles. The number of hydrogen-bond donors (Lipinski definition) is 2. The number of halogens is 3. The molecule has 0 radical (unpaired) electrons. The number of nitrogens with zero attached hydrogens (tertiary/aromatic N) is 1. The lowest BCUT2D eigenvalue weighted by Gasteiger charge is -2.12. The van der Waals surface area contributed by atoms with E-state index in [1.54, 1.807) is 7.05 Å². The van der Waals surface area contributed by atoms with Gasteiger partial charge in [0.15, 0.2) is 0 Å². The van der Waals surface area contributed by atoms with E-state index in [0.717, 1.165) is 6.07 Å². The first-order valence-corrected chi connectivity index (χ1v) is 8.30. The van der Waals surface area contributed by atoms with E-state index in [9.17, 15) is 12.8 Å². The second-order valence-electron chi connectivity index (χ2n) is 3.98. The molecule has 1 aromatic heterocycles. The van der Waals surface area contributed by atoms with Gasteiger partial charge in [0.1, 0.15) is 16.5 Å². The van der Waals surface area contributed by atoms with Gasteiger partial charge >= 0.3 is 0 Å². The van der Waals surface area contributed by atoms with Crippen molar-refractivity contribution in [2.75, 3.05) is 17.1 Å². The number of sulfonamides is 1. The predicted octanol–water partition coefficient (Wildman–Crippen LogP) is 3.48. The van der Waals surface area contributed by atoms with Crippen LogP contribution in [0.5, 0.6) is 0 Å². The van der Waals surface area contributed by atoms with Gasteiger partial charge in [-0.1, -0.05) is 11.6 Å². The lowest BCUT2D eigenvalue weighted by Crippen LogP contribution is -2.15. The predicted molar refractivity (Wildman–Crippen MR) is 83.7 cm³/mol. The van der Waals surface area contributed by atoms with E-state index < -0.39 is 15.8 Å². The van der Waals surface area contributed by atoms with Crippen molar-refractivity contribution in [3.8, 4) is 0 Å². The molecule has 2 rings (SSSR count). The first-order valence-electron chi connectivity index (χ1n) is 5.64. The van der Waals surface area contributed by atoms with Gasteiger partial charge in [-0.25, -0.2) is 17.8 Å². The van der Waals surface area contributed by atoms with Crippen molar-refractivity contribution >= 4 is 49.1 Å². The molecule has 0 fully saturated rings. The Bertz CT molecular complexity index is 786. The lowest BCUT2D eigenvalue weighted by atomic mass is 10.3. The zero-order valence-corrected chi connectivity index (χ0v) is 13.9. The summed E-state index contributed by atoms with van der Waals surface area (Å²) in [5.74, 6) is -0.432. The number of benzene rings is 1. The van der Waals surface area contributed by atoms with E-state index in [2.05, 4.69) is 31.0 Å². The van der Waals surface area contributed by atoms with Gasteiger partial charge in [-0.05, 0) is 40.2 Å². The van der Waals surface area contributed by atoms with Crippen molar-refractivity contribution < 1.29 is 12.8 Å². The summed E-state index contributed by atoms with van der Waals surface area (Å²) >= 11 is 8.80. The molecule has 0 unspecified atom stereocenters. The topological polar surface area (TPSA) is 71.1 Å². The van der Waals surface area contributed by atoms with Crippen molar-refractivity contribution in [2.45, 2.75) is 4.90 Å². The summed E-state index contributed by atoms with van der Waals surface area (Å²) in [5.41, 5.74) is 0.156. The highest BCUT2D eigenvalue weighted by molar-refractivity contribution is 9.10. The molecule has 0 saturated heterocycles. The first kappa shape index (κ1) is 16.0. The van der Waals surface area contributed by atoms with E-state index in [1.807, 2.05) is 0 Å². The number of hydrogen-bond acceptors (Lipinski definition) is 4. The fourth-order valence-corrected chi connectivity index (χ4v) is 3.49. The molecule has 0 aliphatic rings. The average Bonchev–Trinajstić information content (AvgIpc) is 2.42. The maximum atomic E-state index is 13.1. The Morgan fingerprint density at radius 3 is 2.67 bits per heavy atom. The van der Waals surface area contributed by atoms with Crippen LogP contribution in [0.4, 0.5) is 15.9 Å². The third kappa shape index (κ3) is 3.63. The van der Waals surface area contributed by atoms with Crippen molar-refractivity contribution in [3.63, 3.8) is 0 Å². The van der Waals surface area contributed by atoms with Gasteiger partial charge < -0.3 is 5.32 Å². The van der Waals surface area contributed by atoms with Gasteiger partial charge in [-0.3, -0.25) is 4.72 Å². The molecule has 1 aromatic carbocycles. The van der Waals surface area contributed by atoms with Crippen LogP contribution in [0.3, 0.4) is 0 Å². The molecule has 2 aromatic rings. The van der Waals surface area contributed by atoms with Gasteiger partial charge in [0, 0.05) is 17.7 Å². The Morgan fingerprint density at radius 1 is 1.33 bits per heavy atom. The molecule has 0 saturated carbocycles. The minimum Gasteiger partial charge on any atom is -0.372 e. The van der Waals surface area contributed by atoms with Crippen LogP contribution in [0.15, 0.2) is 39.8 Å². The highest BCUT2D eigenvalue weighted by Crippen LogP contribution is 2.26. The van der Waals surface area contributed by atoms with Crippen molar-refractivity contribution in [3.05, 3.63) is 45.8 Å². The number of rotatable bonds is 4. The van der Waals surface area contributed by atoms with Crippen LogP contribution in [0, 0.1) is 5.82 Å². The Hall–Kier alpha value is -1.38. The molecule has 0 amide bonds. The zero-order valence-electron chi connectivity index (χ0n) is 10.7. The van der Waals surface area contributed by atoms with Crippen LogP contribution in [0.25, 0.3) is 0 Å². The monoisotopic (exact) mass is 393 g/mol. The molecular weight excluding hydrogens is 385 g/mol. The molecule has 0 aliphatic carbocycles. The van der Waals surface area contributed by atoms with E-state index in [1.165, 1.54) is 24.4 Å². The third-order valence-electron chi connectivity index (χ3n) is 2.52. The summed E-state index contributed by atoms with van der Waals surface area (Å²) in [6.45, 7) is 0. The molecule has 0 aliphatic heterocycles. The summed E-state index contributed by atoms with van der Waals surface area (Å²) < 4.78 is 40.7. The number of pyridine rings is 1. The average molecular weight is 395 g/mol. The molecule has 0 bridgehead atoms. The van der Waals surface area contributed by atoms with Gasteiger partial charge in [0.25, 0.3) is 10.0 Å². The van der Waals surface area contributed by atoms with Gasteiger partial charge in [0.2, 0.25) is 0 Å². The Labute approximate surface area is 134 Å². The number of anilines is 2. The second kappa shape index (κ2) is 6.17. The molecule has 5 nitrogen and oxygen atoms in total. The molecule has 112 valence electrons. The van der Waals surface area contributed by atoms with Gasteiger partial charge in [-0.15, -0.1) is 0 Å². The summed E-state index contributed by atoms with van der Waals surface area (Å²) in [4.78, 5) is 3.93. The SMILES string of the molecule is CNc1ncc(Br)cc1S(=O)(=O)Nc1ccc(F)c(Cl)c1. The molecule has 21 heavy (non-hydrogen) atoms. The van der Waals surface area contributed by atoms with E-state index >= 15 is 0 Å². The third-order valence-corrected chi connectivity index (χ3v) is 4.64. The highest BCUT2D eigenvalue weighted by atomic mass is 79.9. The Morgan fingerprint density at radius 2 is 2.05 bits per heavy atom. The minimum atomic E-state index is -3.89. The number of nitrogens with one attached hydrogen (secondary N) is 2. The standard InChI is InChI=1S/C12H10BrClFN3O2S/c1-16-12-11(4-7(13)6-17-12)21(19,20)18-8-2-3-10(15)9(14)5-8/h2-6,18H,1H3,(H,16,17). The largest absolute Gasteiger partial charge is 0.372 e. The van der Waals surface area contributed by atoms with Gasteiger partial charge in [0.05, 0.1) is 10.7 Å². The van der Waals surface area contributed by atoms with E-state index in [-0.39, 0.29) is 21.4 Å². The van der Waals surface area contributed by atoms with Crippen LogP contribution < -0.4 is 10.0 Å². The summed E-state index contributed by atoms with van der Waals surface area (Å²) in [6, 6.07) is 4.97. The summed E-state index contributed by atoms with van der Waals surface area (Å²) in [7, 11) is -2.33. The van der Waals surface area contributed by atoms with Crippen LogP contribution in [0.2, 0.25) is 5.02 Å². The van der Waals surface area contributed by atoms with Crippen LogP contribution in [0.1, 0.15) is 0 Å². The van der Waals surface area contributed by atoms with E-state index in [4.69, 9.17) is 11.6 Å². The summed E-state index contributed by atoms with van der Waals surface area (Å²) in [6.07, 6.45) is 1.47. The fourth-order valence-electron chi connectivity index (χ4n) is 1.58. The lowest BCUT2D eigenvalue weighted by molar-refractivity contribution is 0.601. The second-order valence-corrected chi connectivity index (χ2v) is 6.96. The van der Waals surface area contributed by atoms with Crippen LogP contribution >= 0.6 is 27.5 Å². The maximum absolute atomic E-state index is 13.1. The molecular formula is C12H10BrClFN3O2S. The Balaban J connectivity index is 2.42. The summed E-state index contributed by atoms with van der Waals surface area (Å²) in [5, 5.41) is 2.53. The van der Waals surface area contributed by atoms with E-state index in [0.29, 0.717) is 4.47 Å². The van der Waals surface area contributed by atoms with Crippen LogP contribution in [-0.4, -0.2) is 20.4 Å². The normalized spacial score (nSPS) is 11.2. The molecule has 9 heteroatoms. The molecule has 2 N–H and O–H groups in total. The zero-order chi connectivity index (χ0) is 15.6. The first-order chi connectivity index (χ1) is 9.83. The van der Waals surface area contributed by atoms with Crippen molar-refractivity contribution in [2.24, 2.45) is 0 Å².